The second kappa shape index (κ2) is 15.7. The molecule has 0 spiro atoms. The van der Waals surface area contributed by atoms with Gasteiger partial charge in [-0.05, 0) is 90.3 Å². The van der Waals surface area contributed by atoms with Crippen molar-refractivity contribution in [1.82, 2.24) is 15.3 Å². The molecule has 1 aromatic heterocycles. The molecule has 2 amide bonds. The van der Waals surface area contributed by atoms with Crippen LogP contribution in [0, 0.1) is 5.92 Å². The van der Waals surface area contributed by atoms with Crippen LogP contribution in [0.2, 0.25) is 0 Å². The van der Waals surface area contributed by atoms with Gasteiger partial charge in [-0.3, -0.25) is 14.4 Å². The van der Waals surface area contributed by atoms with Crippen LogP contribution >= 0.6 is 11.8 Å². The van der Waals surface area contributed by atoms with Crippen LogP contribution in [0.3, 0.4) is 0 Å². The number of hydrogen-bond acceptors (Lipinski definition) is 9. The fourth-order valence-corrected chi connectivity index (χ4v) is 6.84. The summed E-state index contributed by atoms with van der Waals surface area (Å²) in [4.78, 5) is 48.0. The van der Waals surface area contributed by atoms with Crippen molar-refractivity contribution in [3.8, 4) is 28.4 Å². The highest BCUT2D eigenvalue weighted by atomic mass is 32.2. The van der Waals surface area contributed by atoms with Crippen molar-refractivity contribution in [2.75, 3.05) is 44.0 Å². The number of nitrogens with zero attached hydrogens (tertiary/aromatic N) is 1. The molecule has 1 aliphatic rings. The van der Waals surface area contributed by atoms with Crippen molar-refractivity contribution in [2.45, 2.75) is 58.5 Å². The van der Waals surface area contributed by atoms with Crippen molar-refractivity contribution in [1.29, 1.82) is 0 Å². The molecule has 4 aromatic rings. The van der Waals surface area contributed by atoms with Crippen LogP contribution in [-0.4, -0.2) is 61.2 Å². The van der Waals surface area contributed by atoms with E-state index >= 15 is 0 Å². The highest BCUT2D eigenvalue weighted by Crippen LogP contribution is 2.50. The minimum Gasteiger partial charge on any atom is -0.493 e. The first kappa shape index (κ1) is 35.6. The first-order chi connectivity index (χ1) is 23.6. The van der Waals surface area contributed by atoms with Crippen molar-refractivity contribution in [3.05, 3.63) is 69.6 Å². The van der Waals surface area contributed by atoms with E-state index in [0.717, 1.165) is 34.4 Å². The van der Waals surface area contributed by atoms with E-state index in [0.29, 0.717) is 65.0 Å². The summed E-state index contributed by atoms with van der Waals surface area (Å²) in [6.45, 7) is 5.74. The van der Waals surface area contributed by atoms with Crippen molar-refractivity contribution in [2.24, 2.45) is 5.92 Å². The maximum Gasteiger partial charge on any atom is 0.246 e. The monoisotopic (exact) mass is 687 g/mol. The van der Waals surface area contributed by atoms with Crippen LogP contribution in [0.4, 0.5) is 11.4 Å². The third kappa shape index (κ3) is 7.96. The smallest absolute Gasteiger partial charge is 0.246 e. The van der Waals surface area contributed by atoms with E-state index in [9.17, 15) is 14.4 Å². The molecule has 0 unspecified atom stereocenters. The largest absolute Gasteiger partial charge is 0.493 e. The first-order valence-corrected chi connectivity index (χ1v) is 17.8. The normalized spacial score (nSPS) is 14.3. The maximum absolute atomic E-state index is 13.9. The number of aromatic nitrogens is 2. The number of rotatable bonds is 13. The Hall–Kier alpha value is -4.71. The number of anilines is 2. The van der Waals surface area contributed by atoms with E-state index in [1.807, 2.05) is 36.6 Å². The molecular formula is C37H45N5O6S. The van der Waals surface area contributed by atoms with Gasteiger partial charge in [-0.1, -0.05) is 19.9 Å². The molecule has 0 saturated carbocycles. The molecule has 0 radical (unpaired) electrons. The topological polar surface area (TPSA) is 144 Å². The van der Waals surface area contributed by atoms with Gasteiger partial charge >= 0.3 is 0 Å². The third-order valence-electron chi connectivity index (χ3n) is 8.57. The molecule has 0 saturated heterocycles. The zero-order valence-corrected chi connectivity index (χ0v) is 29.9. The lowest BCUT2D eigenvalue weighted by molar-refractivity contribution is -0.120. The molecule has 3 aromatic carbocycles. The Morgan fingerprint density at radius 1 is 1.04 bits per heavy atom. The number of nitrogens with one attached hydrogen (secondary N) is 4. The van der Waals surface area contributed by atoms with E-state index < -0.39 is 12.1 Å². The van der Waals surface area contributed by atoms with Gasteiger partial charge < -0.3 is 35.1 Å². The number of hydrogen-bond donors (Lipinski definition) is 4. The average molecular weight is 688 g/mol. The summed E-state index contributed by atoms with van der Waals surface area (Å²) in [5.74, 6) is 3.02. The van der Waals surface area contributed by atoms with Crippen molar-refractivity contribution >= 4 is 46.0 Å². The fraction of sp³-hybridized carbons (Fsp3) is 0.405. The third-order valence-corrected chi connectivity index (χ3v) is 9.22. The summed E-state index contributed by atoms with van der Waals surface area (Å²) in [6, 6.07) is 11.5. The number of imidazole rings is 1. The number of carbonyl (C=O) groups is 2. The molecule has 2 atom stereocenters. The Bertz CT molecular complexity index is 1910. The number of ether oxygens (including phenoxy) is 3. The lowest BCUT2D eigenvalue weighted by Gasteiger charge is -2.19. The summed E-state index contributed by atoms with van der Waals surface area (Å²) in [7, 11) is 4.68. The van der Waals surface area contributed by atoms with Crippen LogP contribution in [0.1, 0.15) is 56.6 Å². The molecule has 1 heterocycles. The zero-order valence-electron chi connectivity index (χ0n) is 29.1. The predicted octanol–water partition coefficient (Wildman–Crippen LogP) is 6.11. The quantitative estimate of drug-likeness (QED) is 0.131. The molecular weight excluding hydrogens is 643 g/mol. The van der Waals surface area contributed by atoms with E-state index in [2.05, 4.69) is 39.8 Å². The minimum absolute atomic E-state index is 0.209. The first-order valence-electron chi connectivity index (χ1n) is 16.4. The fourth-order valence-electron chi connectivity index (χ4n) is 6.37. The van der Waals surface area contributed by atoms with Gasteiger partial charge in [0.2, 0.25) is 23.0 Å². The van der Waals surface area contributed by atoms with Gasteiger partial charge in [0.1, 0.15) is 11.9 Å². The second-order valence-electron chi connectivity index (χ2n) is 12.6. The summed E-state index contributed by atoms with van der Waals surface area (Å²) >= 11 is 1.62. The number of aryl methyl sites for hydroxylation is 1. The Balaban J connectivity index is 1.53. The van der Waals surface area contributed by atoms with Gasteiger partial charge in [0, 0.05) is 24.6 Å². The SMILES string of the molecule is COc1cc2c(c(OC)c1OC)-c1ccc(N[C@H](CCSC)C(=O)Nc3ccc4nc(CC(C)C)[nH]c4c3)c(=O)cc1[C@@H](NC(C)=O)CC2. The molecule has 0 fully saturated rings. The van der Waals surface area contributed by atoms with Crippen LogP contribution in [0.15, 0.2) is 47.3 Å². The molecule has 12 heteroatoms. The average Bonchev–Trinajstić information content (AvgIpc) is 3.31. The maximum atomic E-state index is 13.9. The zero-order chi connectivity index (χ0) is 35.2. The number of fused-ring (bicyclic) bond motifs is 4. The van der Waals surface area contributed by atoms with Gasteiger partial charge in [0.15, 0.2) is 11.5 Å². The van der Waals surface area contributed by atoms with Gasteiger partial charge in [-0.2, -0.15) is 11.8 Å². The van der Waals surface area contributed by atoms with Crippen LogP contribution in [0.5, 0.6) is 17.2 Å². The molecule has 0 aliphatic heterocycles. The number of aromatic amines is 1. The molecule has 260 valence electrons. The molecule has 49 heavy (non-hydrogen) atoms. The van der Waals surface area contributed by atoms with Crippen LogP contribution in [0.25, 0.3) is 22.2 Å². The number of carbonyl (C=O) groups excluding carboxylic acids is 2. The molecule has 1 aliphatic carbocycles. The summed E-state index contributed by atoms with van der Waals surface area (Å²) in [6.07, 6.45) is 4.43. The Morgan fingerprint density at radius 2 is 1.82 bits per heavy atom. The lowest BCUT2D eigenvalue weighted by atomic mass is 9.95. The van der Waals surface area contributed by atoms with Crippen molar-refractivity contribution < 1.29 is 23.8 Å². The molecule has 0 bridgehead atoms. The highest BCUT2D eigenvalue weighted by Gasteiger charge is 2.30. The number of thioether (sulfide) groups is 1. The Labute approximate surface area is 290 Å². The highest BCUT2D eigenvalue weighted by molar-refractivity contribution is 7.98. The van der Waals surface area contributed by atoms with Gasteiger partial charge in [0.05, 0.1) is 44.1 Å². The second-order valence-corrected chi connectivity index (χ2v) is 13.6. The van der Waals surface area contributed by atoms with E-state index in [1.54, 1.807) is 45.2 Å². The minimum atomic E-state index is -0.700. The summed E-state index contributed by atoms with van der Waals surface area (Å²) < 4.78 is 17.2. The molecule has 11 nitrogen and oxygen atoms in total. The molecule has 4 N–H and O–H groups in total. The van der Waals surface area contributed by atoms with Gasteiger partial charge in [-0.25, -0.2) is 4.98 Å². The lowest BCUT2D eigenvalue weighted by Crippen LogP contribution is -2.36. The van der Waals surface area contributed by atoms with Gasteiger partial charge in [-0.15, -0.1) is 0 Å². The number of amides is 2. The summed E-state index contributed by atoms with van der Waals surface area (Å²) in [5.41, 5.74) is 5.32. The van der Waals surface area contributed by atoms with Crippen LogP contribution in [-0.2, 0) is 22.4 Å². The van der Waals surface area contributed by atoms with Gasteiger partial charge in [0.25, 0.3) is 0 Å². The Morgan fingerprint density at radius 3 is 2.49 bits per heavy atom. The standard InChI is InChI=1S/C37H45N5O6S/c1-20(2)16-33-41-27-12-9-23(18-30(27)42-33)39-37(45)29(14-15-49-7)40-28-13-10-24-25(19-31(28)44)26(38-21(3)43)11-8-22-17-32(46-4)35(47-5)36(48-6)34(22)24/h9-10,12-13,17-20,26,29H,8,11,14-16H2,1-7H3,(H,38,43)(H,39,45)(H,40,44)(H,41,42)/t26-,29+/m0/s1. The number of methoxy groups -OCH3 is 3. The van der Waals surface area contributed by atoms with Crippen molar-refractivity contribution in [3.63, 3.8) is 0 Å². The van der Waals surface area contributed by atoms with E-state index in [-0.39, 0.29) is 22.9 Å². The number of benzene rings is 2. The van der Waals surface area contributed by atoms with Crippen LogP contribution < -0.4 is 35.6 Å². The van der Waals surface area contributed by atoms with E-state index in [1.165, 1.54) is 6.92 Å². The number of H-pyrrole nitrogens is 1. The van der Waals surface area contributed by atoms with E-state index in [4.69, 9.17) is 14.2 Å². The summed E-state index contributed by atoms with van der Waals surface area (Å²) in [5, 5.41) is 9.32. The molecule has 5 rings (SSSR count). The Kier molecular flexibility index (Phi) is 11.4. The predicted molar refractivity (Wildman–Crippen MR) is 196 cm³/mol.